The average molecular weight is 274 g/mol. The molecular formula is C14H14N2O4. The first kappa shape index (κ1) is 13.8. The first-order valence-corrected chi connectivity index (χ1v) is 6.17. The summed E-state index contributed by atoms with van der Waals surface area (Å²) in [7, 11) is 0. The molecule has 0 unspecified atom stereocenters. The van der Waals surface area contributed by atoms with Gasteiger partial charge in [-0.25, -0.2) is 4.79 Å². The van der Waals surface area contributed by atoms with Crippen LogP contribution in [0.1, 0.15) is 23.8 Å². The molecule has 0 aliphatic rings. The van der Waals surface area contributed by atoms with Gasteiger partial charge in [0.2, 0.25) is 5.88 Å². The molecule has 1 aromatic heterocycles. The lowest BCUT2D eigenvalue weighted by molar-refractivity contribution is 0.0689. The Balaban J connectivity index is 2.00. The smallest absolute Gasteiger partial charge is 0.356 e. The molecule has 0 radical (unpaired) electrons. The molecule has 0 saturated carbocycles. The van der Waals surface area contributed by atoms with E-state index < -0.39 is 5.97 Å². The van der Waals surface area contributed by atoms with Crippen LogP contribution in [0.3, 0.4) is 0 Å². The minimum absolute atomic E-state index is 0.124. The highest BCUT2D eigenvalue weighted by molar-refractivity contribution is 5.84. The molecule has 6 heteroatoms. The number of carbonyl (C=O) groups is 1. The predicted octanol–water partition coefficient (Wildman–Crippen LogP) is 2.76. The van der Waals surface area contributed by atoms with Crippen LogP contribution >= 0.6 is 0 Å². The monoisotopic (exact) mass is 274 g/mol. The van der Waals surface area contributed by atoms with Crippen LogP contribution in [0.5, 0.6) is 17.4 Å². The number of hydrogen-bond donors (Lipinski definition) is 1. The van der Waals surface area contributed by atoms with Gasteiger partial charge in [0.05, 0.1) is 6.61 Å². The van der Waals surface area contributed by atoms with E-state index in [1.807, 2.05) is 6.92 Å². The Kier molecular flexibility index (Phi) is 4.49. The van der Waals surface area contributed by atoms with Crippen molar-refractivity contribution in [2.75, 3.05) is 6.61 Å². The molecule has 6 nitrogen and oxygen atoms in total. The zero-order valence-corrected chi connectivity index (χ0v) is 10.9. The van der Waals surface area contributed by atoms with E-state index in [1.54, 1.807) is 24.3 Å². The Morgan fingerprint density at radius 1 is 1.10 bits per heavy atom. The highest BCUT2D eigenvalue weighted by Crippen LogP contribution is 2.22. The molecule has 1 N–H and O–H groups in total. The van der Waals surface area contributed by atoms with Crippen LogP contribution in [0, 0.1) is 0 Å². The third-order valence-corrected chi connectivity index (χ3v) is 2.38. The van der Waals surface area contributed by atoms with Crippen molar-refractivity contribution in [2.24, 2.45) is 0 Å². The minimum Gasteiger partial charge on any atom is -0.494 e. The Bertz CT molecular complexity index is 567. The summed E-state index contributed by atoms with van der Waals surface area (Å²) in [6, 6.07) is 9.88. The number of rotatable bonds is 6. The molecule has 2 rings (SSSR count). The quantitative estimate of drug-likeness (QED) is 0.872. The summed E-state index contributed by atoms with van der Waals surface area (Å²) >= 11 is 0. The summed E-state index contributed by atoms with van der Waals surface area (Å²) in [5.41, 5.74) is -0.124. The van der Waals surface area contributed by atoms with Gasteiger partial charge in [0.15, 0.2) is 5.69 Å². The van der Waals surface area contributed by atoms with E-state index in [0.29, 0.717) is 12.4 Å². The van der Waals surface area contributed by atoms with Crippen molar-refractivity contribution in [3.05, 3.63) is 42.1 Å². The summed E-state index contributed by atoms with van der Waals surface area (Å²) in [5, 5.41) is 15.9. The second-order valence-corrected chi connectivity index (χ2v) is 3.98. The molecule has 20 heavy (non-hydrogen) atoms. The normalized spacial score (nSPS) is 10.1. The van der Waals surface area contributed by atoms with Crippen molar-refractivity contribution < 1.29 is 19.4 Å². The summed E-state index contributed by atoms with van der Waals surface area (Å²) in [6.07, 6.45) is 0.948. The molecule has 1 aromatic carbocycles. The Labute approximate surface area is 116 Å². The largest absolute Gasteiger partial charge is 0.494 e. The van der Waals surface area contributed by atoms with Crippen molar-refractivity contribution >= 4 is 5.97 Å². The number of ether oxygens (including phenoxy) is 2. The van der Waals surface area contributed by atoms with E-state index in [2.05, 4.69) is 10.2 Å². The van der Waals surface area contributed by atoms with E-state index in [0.717, 1.165) is 12.2 Å². The summed E-state index contributed by atoms with van der Waals surface area (Å²) < 4.78 is 10.9. The van der Waals surface area contributed by atoms with Crippen LogP contribution in [0.25, 0.3) is 0 Å². The van der Waals surface area contributed by atoms with Gasteiger partial charge in [-0.05, 0) is 36.8 Å². The molecule has 0 saturated heterocycles. The van der Waals surface area contributed by atoms with Gasteiger partial charge in [0.25, 0.3) is 0 Å². The topological polar surface area (TPSA) is 81.5 Å². The lowest BCUT2D eigenvalue weighted by atomic mass is 10.3. The Morgan fingerprint density at radius 2 is 1.80 bits per heavy atom. The zero-order chi connectivity index (χ0) is 14.4. The van der Waals surface area contributed by atoms with Crippen LogP contribution in [-0.4, -0.2) is 27.9 Å². The first-order valence-electron chi connectivity index (χ1n) is 6.17. The van der Waals surface area contributed by atoms with Crippen molar-refractivity contribution in [1.29, 1.82) is 0 Å². The van der Waals surface area contributed by atoms with Crippen molar-refractivity contribution in [1.82, 2.24) is 10.2 Å². The number of aromatic carboxylic acids is 1. The van der Waals surface area contributed by atoms with Gasteiger partial charge in [-0.3, -0.25) is 0 Å². The fourth-order valence-corrected chi connectivity index (χ4v) is 1.43. The highest BCUT2D eigenvalue weighted by atomic mass is 16.5. The minimum atomic E-state index is -1.12. The number of aromatic nitrogens is 2. The molecule has 0 bridgehead atoms. The van der Waals surface area contributed by atoms with Crippen molar-refractivity contribution in [3.8, 4) is 17.4 Å². The van der Waals surface area contributed by atoms with E-state index in [4.69, 9.17) is 14.6 Å². The van der Waals surface area contributed by atoms with Gasteiger partial charge in [0.1, 0.15) is 11.5 Å². The lowest BCUT2D eigenvalue weighted by Crippen LogP contribution is -2.02. The summed E-state index contributed by atoms with van der Waals surface area (Å²) in [6.45, 7) is 2.71. The molecule has 0 spiro atoms. The van der Waals surface area contributed by atoms with E-state index >= 15 is 0 Å². The molecule has 0 fully saturated rings. The van der Waals surface area contributed by atoms with Gasteiger partial charge in [-0.1, -0.05) is 6.92 Å². The maximum absolute atomic E-state index is 10.6. The average Bonchev–Trinajstić information content (AvgIpc) is 2.47. The van der Waals surface area contributed by atoms with Crippen molar-refractivity contribution in [3.63, 3.8) is 0 Å². The summed E-state index contributed by atoms with van der Waals surface area (Å²) in [5.74, 6) is 0.455. The van der Waals surface area contributed by atoms with E-state index in [9.17, 15) is 4.79 Å². The van der Waals surface area contributed by atoms with Gasteiger partial charge >= 0.3 is 5.97 Å². The molecule has 0 atom stereocenters. The van der Waals surface area contributed by atoms with Crippen molar-refractivity contribution in [2.45, 2.75) is 13.3 Å². The fourth-order valence-electron chi connectivity index (χ4n) is 1.43. The number of hydrogen-bond acceptors (Lipinski definition) is 5. The highest BCUT2D eigenvalue weighted by Gasteiger charge is 2.06. The van der Waals surface area contributed by atoms with Gasteiger partial charge in [0, 0.05) is 6.07 Å². The maximum Gasteiger partial charge on any atom is 0.356 e. The van der Waals surface area contributed by atoms with Crippen LogP contribution in [-0.2, 0) is 0 Å². The molecule has 1 heterocycles. The SMILES string of the molecule is CCCOc1ccc(Oc2ccc(C(=O)O)nn2)cc1. The first-order chi connectivity index (χ1) is 9.69. The third kappa shape index (κ3) is 3.68. The van der Waals surface area contributed by atoms with Crippen LogP contribution < -0.4 is 9.47 Å². The number of carboxylic acid groups (broad SMARTS) is 1. The maximum atomic E-state index is 10.6. The summed E-state index contributed by atoms with van der Waals surface area (Å²) in [4.78, 5) is 10.6. The molecule has 0 amide bonds. The van der Waals surface area contributed by atoms with E-state index in [-0.39, 0.29) is 11.6 Å². The molecule has 2 aromatic rings. The van der Waals surface area contributed by atoms with Gasteiger partial charge < -0.3 is 14.6 Å². The second-order valence-electron chi connectivity index (χ2n) is 3.98. The molecule has 0 aliphatic carbocycles. The standard InChI is InChI=1S/C14H14N2O4/c1-2-9-19-10-3-5-11(6-4-10)20-13-8-7-12(14(17)18)15-16-13/h3-8H,2,9H2,1H3,(H,17,18). The van der Waals surface area contributed by atoms with Crippen LogP contribution in [0.2, 0.25) is 0 Å². The molecule has 0 aliphatic heterocycles. The third-order valence-electron chi connectivity index (χ3n) is 2.38. The predicted molar refractivity (Wildman–Crippen MR) is 71.3 cm³/mol. The Hall–Kier alpha value is -2.63. The van der Waals surface area contributed by atoms with E-state index in [1.165, 1.54) is 12.1 Å². The van der Waals surface area contributed by atoms with Gasteiger partial charge in [-0.2, -0.15) is 0 Å². The second kappa shape index (κ2) is 6.51. The fraction of sp³-hybridized carbons (Fsp3) is 0.214. The zero-order valence-electron chi connectivity index (χ0n) is 10.9. The Morgan fingerprint density at radius 3 is 2.35 bits per heavy atom. The molecular weight excluding hydrogens is 260 g/mol. The molecule has 104 valence electrons. The van der Waals surface area contributed by atoms with Crippen LogP contribution in [0.15, 0.2) is 36.4 Å². The number of nitrogens with zero attached hydrogens (tertiary/aromatic N) is 2. The van der Waals surface area contributed by atoms with Gasteiger partial charge in [-0.15, -0.1) is 10.2 Å². The number of benzene rings is 1. The lowest BCUT2D eigenvalue weighted by Gasteiger charge is -2.06. The number of carboxylic acids is 1. The van der Waals surface area contributed by atoms with Crippen LogP contribution in [0.4, 0.5) is 0 Å².